The summed E-state index contributed by atoms with van der Waals surface area (Å²) < 4.78 is 7.36. The highest BCUT2D eigenvalue weighted by Crippen LogP contribution is 2.20. The van der Waals surface area contributed by atoms with Crippen LogP contribution in [-0.4, -0.2) is 103 Å². The number of nitrogens with zero attached hydrogens (tertiary/aromatic N) is 6. The summed E-state index contributed by atoms with van der Waals surface area (Å²) in [7, 11) is 6.16. The van der Waals surface area contributed by atoms with Crippen LogP contribution in [-0.2, 0) is 11.8 Å². The summed E-state index contributed by atoms with van der Waals surface area (Å²) in [6, 6.07) is 0.839. The average Bonchev–Trinajstić information content (AvgIpc) is 3.31. The molecular formula is C19H35N7O. The van der Waals surface area contributed by atoms with Crippen LogP contribution in [0.15, 0.2) is 17.4 Å². The van der Waals surface area contributed by atoms with Crippen molar-refractivity contribution in [1.29, 1.82) is 0 Å². The van der Waals surface area contributed by atoms with Crippen LogP contribution >= 0.6 is 0 Å². The summed E-state index contributed by atoms with van der Waals surface area (Å²) in [6.07, 6.45) is 5.22. The monoisotopic (exact) mass is 377 g/mol. The third-order valence-corrected chi connectivity index (χ3v) is 5.51. The van der Waals surface area contributed by atoms with E-state index in [1.54, 1.807) is 0 Å². The van der Waals surface area contributed by atoms with E-state index in [2.05, 4.69) is 52.3 Å². The molecule has 2 fully saturated rings. The summed E-state index contributed by atoms with van der Waals surface area (Å²) in [6.45, 7) is 9.68. The third-order valence-electron chi connectivity index (χ3n) is 5.51. The molecule has 3 heterocycles. The lowest BCUT2D eigenvalue weighted by Crippen LogP contribution is -2.46. The number of aryl methyl sites for hydroxylation is 1. The number of guanidine groups is 1. The molecule has 2 aliphatic rings. The lowest BCUT2D eigenvalue weighted by Gasteiger charge is -2.32. The maximum absolute atomic E-state index is 5.50. The molecule has 0 amide bonds. The molecule has 2 aliphatic heterocycles. The summed E-state index contributed by atoms with van der Waals surface area (Å²) in [5, 5.41) is 7.81. The Morgan fingerprint density at radius 2 is 2.15 bits per heavy atom. The molecule has 8 nitrogen and oxygen atoms in total. The number of ether oxygens (including phenoxy) is 1. The lowest BCUT2D eigenvalue weighted by atomic mass is 10.1. The maximum atomic E-state index is 5.50. The smallest absolute Gasteiger partial charge is 0.194 e. The number of likely N-dealkylation sites (tertiary alicyclic amines) is 1. The number of aliphatic imine (C=N–C) groups is 1. The Labute approximate surface area is 163 Å². The summed E-state index contributed by atoms with van der Waals surface area (Å²) in [5.74, 6) is 1.03. The van der Waals surface area contributed by atoms with Gasteiger partial charge in [-0.25, -0.2) is 0 Å². The SMILES string of the molecule is CCNC(=NCC(c1cnn(C)c1)N(C)C)N1CCC(N2CCOCC2)C1. The predicted octanol–water partition coefficient (Wildman–Crippen LogP) is 0.395. The fourth-order valence-corrected chi connectivity index (χ4v) is 3.95. The lowest BCUT2D eigenvalue weighted by molar-refractivity contribution is 0.0195. The van der Waals surface area contributed by atoms with Gasteiger partial charge in [-0.3, -0.25) is 14.6 Å². The number of likely N-dealkylation sites (N-methyl/N-ethyl adjacent to an activating group) is 1. The van der Waals surface area contributed by atoms with Crippen molar-refractivity contribution in [2.75, 3.05) is 66.6 Å². The van der Waals surface area contributed by atoms with E-state index >= 15 is 0 Å². The van der Waals surface area contributed by atoms with Crippen LogP contribution in [0.2, 0.25) is 0 Å². The van der Waals surface area contributed by atoms with Crippen LogP contribution in [0.5, 0.6) is 0 Å². The fourth-order valence-electron chi connectivity index (χ4n) is 3.95. The number of hydrogen-bond acceptors (Lipinski definition) is 5. The van der Waals surface area contributed by atoms with Crippen molar-refractivity contribution < 1.29 is 4.74 Å². The van der Waals surface area contributed by atoms with E-state index in [9.17, 15) is 0 Å². The fraction of sp³-hybridized carbons (Fsp3) is 0.789. The standard InChI is InChI=1S/C19H35N7O/c1-5-20-19(21-13-18(23(2)3)16-12-22-24(4)14-16)26-7-6-17(15-26)25-8-10-27-11-9-25/h12,14,17-18H,5-11,13,15H2,1-4H3,(H,20,21). The number of hydrogen-bond donors (Lipinski definition) is 1. The molecule has 27 heavy (non-hydrogen) atoms. The van der Waals surface area contributed by atoms with E-state index in [1.807, 2.05) is 17.9 Å². The highest BCUT2D eigenvalue weighted by atomic mass is 16.5. The van der Waals surface area contributed by atoms with E-state index in [0.717, 1.165) is 58.4 Å². The van der Waals surface area contributed by atoms with Gasteiger partial charge in [0.2, 0.25) is 0 Å². The second kappa shape index (κ2) is 9.52. The molecule has 2 saturated heterocycles. The van der Waals surface area contributed by atoms with Crippen LogP contribution in [0.4, 0.5) is 0 Å². The van der Waals surface area contributed by atoms with Gasteiger partial charge in [-0.15, -0.1) is 0 Å². The molecule has 0 bridgehead atoms. The predicted molar refractivity (Wildman–Crippen MR) is 108 cm³/mol. The third kappa shape index (κ3) is 5.21. The van der Waals surface area contributed by atoms with Gasteiger partial charge >= 0.3 is 0 Å². The van der Waals surface area contributed by atoms with Gasteiger partial charge < -0.3 is 19.9 Å². The van der Waals surface area contributed by atoms with Gasteiger partial charge in [0.1, 0.15) is 0 Å². The van der Waals surface area contributed by atoms with Crippen molar-refractivity contribution in [3.05, 3.63) is 18.0 Å². The van der Waals surface area contributed by atoms with Crippen LogP contribution < -0.4 is 5.32 Å². The quantitative estimate of drug-likeness (QED) is 0.572. The molecule has 0 radical (unpaired) electrons. The Hall–Kier alpha value is -1.64. The Balaban J connectivity index is 1.65. The molecule has 1 aromatic rings. The van der Waals surface area contributed by atoms with Gasteiger partial charge in [0.15, 0.2) is 5.96 Å². The van der Waals surface area contributed by atoms with Gasteiger partial charge in [0.25, 0.3) is 0 Å². The zero-order valence-electron chi connectivity index (χ0n) is 17.3. The molecule has 2 unspecified atom stereocenters. The van der Waals surface area contributed by atoms with E-state index in [1.165, 1.54) is 12.0 Å². The number of rotatable bonds is 6. The first-order valence-electron chi connectivity index (χ1n) is 10.1. The van der Waals surface area contributed by atoms with Crippen molar-refractivity contribution in [2.45, 2.75) is 25.4 Å². The van der Waals surface area contributed by atoms with Crippen LogP contribution in [0, 0.1) is 0 Å². The summed E-state index contributed by atoms with van der Waals surface area (Å²) in [4.78, 5) is 12.2. The molecule has 1 N–H and O–H groups in total. The maximum Gasteiger partial charge on any atom is 0.194 e. The highest BCUT2D eigenvalue weighted by molar-refractivity contribution is 5.80. The molecule has 8 heteroatoms. The van der Waals surface area contributed by atoms with E-state index < -0.39 is 0 Å². The average molecular weight is 378 g/mol. The molecule has 3 rings (SSSR count). The number of nitrogens with one attached hydrogen (secondary N) is 1. The highest BCUT2D eigenvalue weighted by Gasteiger charge is 2.30. The van der Waals surface area contributed by atoms with Gasteiger partial charge in [-0.2, -0.15) is 5.10 Å². The largest absolute Gasteiger partial charge is 0.379 e. The van der Waals surface area contributed by atoms with E-state index in [-0.39, 0.29) is 6.04 Å². The summed E-state index contributed by atoms with van der Waals surface area (Å²) in [5.41, 5.74) is 1.20. The molecular weight excluding hydrogens is 342 g/mol. The Morgan fingerprint density at radius 3 is 2.78 bits per heavy atom. The van der Waals surface area contributed by atoms with Crippen molar-refractivity contribution >= 4 is 5.96 Å². The first-order chi connectivity index (χ1) is 13.1. The molecule has 0 spiro atoms. The van der Waals surface area contributed by atoms with E-state index in [0.29, 0.717) is 6.04 Å². The minimum atomic E-state index is 0.227. The second-order valence-corrected chi connectivity index (χ2v) is 7.66. The van der Waals surface area contributed by atoms with Crippen LogP contribution in [0.1, 0.15) is 24.9 Å². The number of morpholine rings is 1. The Bertz CT molecular complexity index is 609. The zero-order valence-corrected chi connectivity index (χ0v) is 17.3. The second-order valence-electron chi connectivity index (χ2n) is 7.66. The van der Waals surface area contributed by atoms with Crippen LogP contribution in [0.3, 0.4) is 0 Å². The molecule has 2 atom stereocenters. The number of aromatic nitrogens is 2. The molecule has 0 aromatic carbocycles. The minimum Gasteiger partial charge on any atom is -0.379 e. The van der Waals surface area contributed by atoms with Crippen molar-refractivity contribution in [2.24, 2.45) is 12.0 Å². The Kier molecular flexibility index (Phi) is 7.09. The van der Waals surface area contributed by atoms with Crippen molar-refractivity contribution in [3.63, 3.8) is 0 Å². The van der Waals surface area contributed by atoms with Crippen molar-refractivity contribution in [3.8, 4) is 0 Å². The van der Waals surface area contributed by atoms with Gasteiger partial charge in [-0.1, -0.05) is 0 Å². The normalized spacial score (nSPS) is 23.2. The minimum absolute atomic E-state index is 0.227. The van der Waals surface area contributed by atoms with Crippen LogP contribution in [0.25, 0.3) is 0 Å². The molecule has 152 valence electrons. The summed E-state index contributed by atoms with van der Waals surface area (Å²) >= 11 is 0. The van der Waals surface area contributed by atoms with Crippen molar-refractivity contribution in [1.82, 2.24) is 29.8 Å². The molecule has 0 saturated carbocycles. The Morgan fingerprint density at radius 1 is 1.37 bits per heavy atom. The topological polar surface area (TPSA) is 61.2 Å². The van der Waals surface area contributed by atoms with Gasteiger partial charge in [-0.05, 0) is 27.4 Å². The van der Waals surface area contributed by atoms with E-state index in [4.69, 9.17) is 9.73 Å². The first kappa shape index (κ1) is 20.1. The zero-order chi connectivity index (χ0) is 19.2. The first-order valence-corrected chi connectivity index (χ1v) is 10.1. The molecule has 0 aliphatic carbocycles. The molecule has 1 aromatic heterocycles. The van der Waals surface area contributed by atoms with Gasteiger partial charge in [0, 0.05) is 57.6 Å². The van der Waals surface area contributed by atoms with Gasteiger partial charge in [0.05, 0.1) is 32.0 Å².